The molecule has 0 aliphatic carbocycles. The van der Waals surface area contributed by atoms with E-state index in [2.05, 4.69) is 25.7 Å². The number of rotatable bonds is 2. The molecule has 0 bridgehead atoms. The zero-order chi connectivity index (χ0) is 9.90. The van der Waals surface area contributed by atoms with Crippen molar-refractivity contribution in [3.05, 3.63) is 22.9 Å². The second kappa shape index (κ2) is 3.95. The molecule has 6 heteroatoms. The van der Waals surface area contributed by atoms with Crippen molar-refractivity contribution in [1.82, 2.24) is 4.98 Å². The van der Waals surface area contributed by atoms with Crippen LogP contribution in [0.2, 0.25) is 0 Å². The maximum absolute atomic E-state index is 11.7. The first-order chi connectivity index (χ1) is 5.99. The third-order valence-corrected chi connectivity index (χ3v) is 1.78. The van der Waals surface area contributed by atoms with Crippen LogP contribution in [-0.4, -0.2) is 17.8 Å². The number of pyridine rings is 1. The average molecular weight is 256 g/mol. The van der Waals surface area contributed by atoms with Crippen LogP contribution in [0.15, 0.2) is 22.9 Å². The van der Waals surface area contributed by atoms with Gasteiger partial charge in [0.05, 0.1) is 10.7 Å². The molecule has 2 nitrogen and oxygen atoms in total. The quantitative estimate of drug-likeness (QED) is 0.811. The number of hydrogen-bond donors (Lipinski definition) is 0. The summed E-state index contributed by atoms with van der Waals surface area (Å²) in [7, 11) is 0. The van der Waals surface area contributed by atoms with Gasteiger partial charge in [-0.2, -0.15) is 13.2 Å². The molecule has 1 aromatic heterocycles. The van der Waals surface area contributed by atoms with Gasteiger partial charge in [0.1, 0.15) is 0 Å². The van der Waals surface area contributed by atoms with Gasteiger partial charge in [0.15, 0.2) is 12.4 Å². The predicted molar refractivity (Wildman–Crippen MR) is 43.5 cm³/mol. The summed E-state index contributed by atoms with van der Waals surface area (Å²) in [5, 5.41) is 0. The van der Waals surface area contributed by atoms with Crippen molar-refractivity contribution in [2.75, 3.05) is 6.61 Å². The number of hydrogen-bond acceptors (Lipinski definition) is 2. The maximum atomic E-state index is 11.7. The molecule has 0 aromatic carbocycles. The molecule has 0 atom stereocenters. The summed E-state index contributed by atoms with van der Waals surface area (Å²) in [5.41, 5.74) is 0. The molecular formula is C7H5BrF3NO. The fraction of sp³-hybridized carbons (Fsp3) is 0.286. The highest BCUT2D eigenvalue weighted by Gasteiger charge is 2.28. The molecule has 72 valence electrons. The number of ether oxygens (including phenoxy) is 1. The highest BCUT2D eigenvalue weighted by Crippen LogP contribution is 2.24. The molecule has 13 heavy (non-hydrogen) atoms. The van der Waals surface area contributed by atoms with Gasteiger partial charge in [-0.05, 0) is 22.0 Å². The monoisotopic (exact) mass is 255 g/mol. The summed E-state index contributed by atoms with van der Waals surface area (Å²) >= 11 is 3.03. The van der Waals surface area contributed by atoms with Crippen molar-refractivity contribution in [3.63, 3.8) is 0 Å². The third kappa shape index (κ3) is 3.63. The molecule has 0 spiro atoms. The zero-order valence-electron chi connectivity index (χ0n) is 6.31. The van der Waals surface area contributed by atoms with Crippen LogP contribution in [0.4, 0.5) is 13.2 Å². The largest absolute Gasteiger partial charge is 0.481 e. The van der Waals surface area contributed by atoms with Gasteiger partial charge in [-0.15, -0.1) is 0 Å². The van der Waals surface area contributed by atoms with Crippen LogP contribution in [0, 0.1) is 0 Å². The Balaban J connectivity index is 2.60. The second-order valence-electron chi connectivity index (χ2n) is 2.21. The van der Waals surface area contributed by atoms with Crippen molar-refractivity contribution in [3.8, 4) is 5.75 Å². The van der Waals surface area contributed by atoms with Crippen LogP contribution < -0.4 is 4.74 Å². The Hall–Kier alpha value is -0.780. The van der Waals surface area contributed by atoms with Crippen molar-refractivity contribution in [2.24, 2.45) is 0 Å². The predicted octanol–water partition coefficient (Wildman–Crippen LogP) is 2.79. The molecule has 0 fully saturated rings. The molecule has 1 rings (SSSR count). The minimum atomic E-state index is -4.32. The van der Waals surface area contributed by atoms with Gasteiger partial charge >= 0.3 is 6.18 Å². The van der Waals surface area contributed by atoms with Gasteiger partial charge in [0.2, 0.25) is 0 Å². The topological polar surface area (TPSA) is 22.1 Å². The van der Waals surface area contributed by atoms with Gasteiger partial charge in [-0.3, -0.25) is 4.98 Å². The summed E-state index contributed by atoms with van der Waals surface area (Å²) in [6, 6.07) is 1.51. The molecule has 1 heterocycles. The second-order valence-corrected chi connectivity index (χ2v) is 3.06. The van der Waals surface area contributed by atoms with Crippen molar-refractivity contribution in [1.29, 1.82) is 0 Å². The Morgan fingerprint density at radius 2 is 2.15 bits per heavy atom. The molecule has 0 unspecified atom stereocenters. The number of nitrogens with zero attached hydrogens (tertiary/aromatic N) is 1. The van der Waals surface area contributed by atoms with Crippen molar-refractivity contribution in [2.45, 2.75) is 6.18 Å². The van der Waals surface area contributed by atoms with Gasteiger partial charge in [-0.1, -0.05) is 0 Å². The fourth-order valence-corrected chi connectivity index (χ4v) is 0.964. The van der Waals surface area contributed by atoms with Crippen LogP contribution in [-0.2, 0) is 0 Å². The van der Waals surface area contributed by atoms with E-state index in [1.807, 2.05) is 0 Å². The summed E-state index contributed by atoms with van der Waals surface area (Å²) in [5.74, 6) is 0.0832. The van der Waals surface area contributed by atoms with E-state index >= 15 is 0 Å². The third-order valence-electron chi connectivity index (χ3n) is 1.13. The number of aromatic nitrogens is 1. The highest BCUT2D eigenvalue weighted by atomic mass is 79.9. The Labute approximate surface area is 80.9 Å². The first-order valence-corrected chi connectivity index (χ1v) is 4.07. The van der Waals surface area contributed by atoms with Gasteiger partial charge in [0, 0.05) is 6.20 Å². The van der Waals surface area contributed by atoms with Gasteiger partial charge in [-0.25, -0.2) is 0 Å². The molecule has 0 aliphatic heterocycles. The minimum absolute atomic E-state index is 0.0832. The Morgan fingerprint density at radius 1 is 1.46 bits per heavy atom. The van der Waals surface area contributed by atoms with Gasteiger partial charge < -0.3 is 4.74 Å². The van der Waals surface area contributed by atoms with Crippen LogP contribution in [0.5, 0.6) is 5.75 Å². The van der Waals surface area contributed by atoms with E-state index < -0.39 is 12.8 Å². The SMILES string of the molecule is FC(F)(F)COc1cnccc1Br. The standard InChI is InChI=1S/C7H5BrF3NO/c8-5-1-2-12-3-6(5)13-4-7(9,10)11/h1-3H,4H2. The summed E-state index contributed by atoms with van der Waals surface area (Å²) in [4.78, 5) is 3.62. The Kier molecular flexibility index (Phi) is 3.13. The Morgan fingerprint density at radius 3 is 2.69 bits per heavy atom. The highest BCUT2D eigenvalue weighted by molar-refractivity contribution is 9.10. The van der Waals surface area contributed by atoms with Crippen molar-refractivity contribution >= 4 is 15.9 Å². The summed E-state index contributed by atoms with van der Waals surface area (Å²) in [6.07, 6.45) is -1.66. The lowest BCUT2D eigenvalue weighted by atomic mass is 10.5. The average Bonchev–Trinajstić information content (AvgIpc) is 2.01. The minimum Gasteiger partial charge on any atom is -0.481 e. The fourth-order valence-electron chi connectivity index (χ4n) is 0.629. The molecule has 0 N–H and O–H groups in total. The van der Waals surface area contributed by atoms with Crippen LogP contribution >= 0.6 is 15.9 Å². The van der Waals surface area contributed by atoms with E-state index in [9.17, 15) is 13.2 Å². The molecule has 0 radical (unpaired) electrons. The lowest BCUT2D eigenvalue weighted by Crippen LogP contribution is -2.19. The molecule has 0 saturated carbocycles. The zero-order valence-corrected chi connectivity index (χ0v) is 7.89. The Bertz CT molecular complexity index is 289. The molecule has 0 amide bonds. The molecule has 0 saturated heterocycles. The van der Waals surface area contributed by atoms with E-state index in [1.165, 1.54) is 18.5 Å². The summed E-state index contributed by atoms with van der Waals surface area (Å²) in [6.45, 7) is -1.31. The number of halogens is 4. The first kappa shape index (κ1) is 10.3. The molecule has 1 aromatic rings. The maximum Gasteiger partial charge on any atom is 0.422 e. The molecule has 0 aliphatic rings. The molecular weight excluding hydrogens is 251 g/mol. The normalized spacial score (nSPS) is 11.4. The van der Waals surface area contributed by atoms with E-state index in [1.54, 1.807) is 0 Å². The number of alkyl halides is 3. The smallest absolute Gasteiger partial charge is 0.422 e. The lowest BCUT2D eigenvalue weighted by molar-refractivity contribution is -0.153. The summed E-state index contributed by atoms with van der Waals surface area (Å²) < 4.78 is 40.1. The van der Waals surface area contributed by atoms with Gasteiger partial charge in [0.25, 0.3) is 0 Å². The van der Waals surface area contributed by atoms with Crippen LogP contribution in [0.25, 0.3) is 0 Å². The lowest BCUT2D eigenvalue weighted by Gasteiger charge is -2.09. The van der Waals surface area contributed by atoms with E-state index in [4.69, 9.17) is 0 Å². The van der Waals surface area contributed by atoms with Crippen LogP contribution in [0.3, 0.4) is 0 Å². The first-order valence-electron chi connectivity index (χ1n) is 3.28. The van der Waals surface area contributed by atoms with E-state index in [0.29, 0.717) is 4.47 Å². The van der Waals surface area contributed by atoms with Crippen molar-refractivity contribution < 1.29 is 17.9 Å². The van der Waals surface area contributed by atoms with Crippen LogP contribution in [0.1, 0.15) is 0 Å². The van der Waals surface area contributed by atoms with E-state index in [-0.39, 0.29) is 5.75 Å². The van der Waals surface area contributed by atoms with E-state index in [0.717, 1.165) is 0 Å².